The molecule has 1 atom stereocenters. The van der Waals surface area contributed by atoms with Crippen molar-refractivity contribution in [1.29, 1.82) is 0 Å². The van der Waals surface area contributed by atoms with Gasteiger partial charge >= 0.3 is 0 Å². The predicted octanol–water partition coefficient (Wildman–Crippen LogP) is 6.39. The number of hydrogen-bond donors (Lipinski definition) is 0. The van der Waals surface area contributed by atoms with Crippen molar-refractivity contribution in [3.63, 3.8) is 0 Å². The van der Waals surface area contributed by atoms with E-state index in [2.05, 4.69) is 0 Å². The van der Waals surface area contributed by atoms with E-state index in [0.29, 0.717) is 26.5 Å². The number of rotatable bonds is 2. The third-order valence-electron chi connectivity index (χ3n) is 5.42. The molecule has 0 N–H and O–H groups in total. The molecule has 0 aliphatic carbocycles. The maximum Gasteiger partial charge on any atom is 0.233 e. The third-order valence-corrected chi connectivity index (χ3v) is 6.86. The molecule has 0 bridgehead atoms. The van der Waals surface area contributed by atoms with Crippen molar-refractivity contribution in [2.45, 2.75) is 12.3 Å². The Bertz CT molecular complexity index is 1390. The molecule has 2 heterocycles. The molecular formula is C24H14ClF2NO2S. The van der Waals surface area contributed by atoms with Crippen molar-refractivity contribution in [3.8, 4) is 0 Å². The van der Waals surface area contributed by atoms with E-state index in [1.54, 1.807) is 24.3 Å². The molecule has 3 aromatic carbocycles. The summed E-state index contributed by atoms with van der Waals surface area (Å²) in [5.41, 5.74) is 1.33. The summed E-state index contributed by atoms with van der Waals surface area (Å²) in [6.45, 7) is 0. The molecule has 0 spiro atoms. The summed E-state index contributed by atoms with van der Waals surface area (Å²) in [5.74, 6) is -1.83. The Morgan fingerprint density at radius 1 is 0.968 bits per heavy atom. The van der Waals surface area contributed by atoms with Gasteiger partial charge in [0, 0.05) is 33.7 Å². The van der Waals surface area contributed by atoms with E-state index >= 15 is 0 Å². The fraction of sp³-hybridized carbons (Fsp3) is 0.0833. The van der Waals surface area contributed by atoms with Gasteiger partial charge in [-0.25, -0.2) is 8.78 Å². The van der Waals surface area contributed by atoms with E-state index in [9.17, 15) is 18.4 Å². The molecule has 1 amide bonds. The highest BCUT2D eigenvalue weighted by molar-refractivity contribution is 7.22. The molecule has 31 heavy (non-hydrogen) atoms. The SMILES string of the molecule is O=C1CC(c2ccc(F)cc2)c2c(sc3cc(Cl)c(F)cc3c2=O)N1c1ccccc1. The number of anilines is 2. The molecule has 0 saturated carbocycles. The molecule has 7 heteroatoms. The van der Waals surface area contributed by atoms with Crippen LogP contribution in [0.4, 0.5) is 19.5 Å². The quantitative estimate of drug-likeness (QED) is 0.352. The Morgan fingerprint density at radius 2 is 1.68 bits per heavy atom. The van der Waals surface area contributed by atoms with Gasteiger partial charge in [0.1, 0.15) is 16.6 Å². The van der Waals surface area contributed by atoms with Gasteiger partial charge in [-0.15, -0.1) is 11.3 Å². The molecule has 0 fully saturated rings. The lowest BCUT2D eigenvalue weighted by molar-refractivity contribution is -0.118. The average Bonchev–Trinajstić information content (AvgIpc) is 2.76. The van der Waals surface area contributed by atoms with Crippen LogP contribution in [0.2, 0.25) is 5.02 Å². The summed E-state index contributed by atoms with van der Waals surface area (Å²) < 4.78 is 28.1. The molecule has 154 valence electrons. The summed E-state index contributed by atoms with van der Waals surface area (Å²) in [6.07, 6.45) is 0.0388. The minimum absolute atomic E-state index is 0.0388. The Labute approximate surface area is 185 Å². The molecule has 1 aliphatic heterocycles. The molecule has 1 aromatic heterocycles. The smallest absolute Gasteiger partial charge is 0.233 e. The summed E-state index contributed by atoms with van der Waals surface area (Å²) in [7, 11) is 0. The Morgan fingerprint density at radius 3 is 2.39 bits per heavy atom. The minimum Gasteiger partial charge on any atom is -0.289 e. The first-order chi connectivity index (χ1) is 14.9. The van der Waals surface area contributed by atoms with Crippen molar-refractivity contribution < 1.29 is 13.6 Å². The van der Waals surface area contributed by atoms with Gasteiger partial charge in [-0.05, 0) is 42.0 Å². The van der Waals surface area contributed by atoms with Crippen molar-refractivity contribution in [2.75, 3.05) is 4.90 Å². The van der Waals surface area contributed by atoms with Crippen LogP contribution in [0.25, 0.3) is 10.1 Å². The van der Waals surface area contributed by atoms with Crippen molar-refractivity contribution in [1.82, 2.24) is 0 Å². The molecular weight excluding hydrogens is 440 g/mol. The van der Waals surface area contributed by atoms with Crippen molar-refractivity contribution in [2.24, 2.45) is 0 Å². The average molecular weight is 454 g/mol. The first-order valence-electron chi connectivity index (χ1n) is 9.53. The van der Waals surface area contributed by atoms with Crippen LogP contribution in [-0.2, 0) is 4.79 Å². The molecule has 3 nitrogen and oxygen atoms in total. The zero-order valence-electron chi connectivity index (χ0n) is 15.9. The maximum absolute atomic E-state index is 14.2. The second kappa shape index (κ2) is 7.55. The summed E-state index contributed by atoms with van der Waals surface area (Å²) in [4.78, 5) is 28.3. The Kier molecular flexibility index (Phi) is 4.84. The van der Waals surface area contributed by atoms with Crippen LogP contribution < -0.4 is 10.3 Å². The zero-order chi connectivity index (χ0) is 21.7. The number of amides is 1. The third kappa shape index (κ3) is 3.32. The lowest BCUT2D eigenvalue weighted by atomic mass is 9.85. The number of carbonyl (C=O) groups excluding carboxylic acids is 1. The number of hydrogen-bond acceptors (Lipinski definition) is 3. The highest BCUT2D eigenvalue weighted by Crippen LogP contribution is 2.46. The van der Waals surface area contributed by atoms with Gasteiger partial charge < -0.3 is 0 Å². The van der Waals surface area contributed by atoms with E-state index < -0.39 is 17.6 Å². The van der Waals surface area contributed by atoms with Gasteiger partial charge in [0.15, 0.2) is 5.43 Å². The monoisotopic (exact) mass is 453 g/mol. The van der Waals surface area contributed by atoms with Crippen molar-refractivity contribution in [3.05, 3.63) is 105 Å². The van der Waals surface area contributed by atoms with Gasteiger partial charge in [-0.1, -0.05) is 41.9 Å². The number of nitrogens with zero attached hydrogens (tertiary/aromatic N) is 1. The molecule has 0 radical (unpaired) electrons. The van der Waals surface area contributed by atoms with E-state index in [1.165, 1.54) is 34.4 Å². The molecule has 1 unspecified atom stereocenters. The lowest BCUT2D eigenvalue weighted by Crippen LogP contribution is -2.35. The Hall–Kier alpha value is -3.09. The highest BCUT2D eigenvalue weighted by Gasteiger charge is 2.36. The van der Waals surface area contributed by atoms with Crippen molar-refractivity contribution >= 4 is 49.6 Å². The molecule has 1 aliphatic rings. The van der Waals surface area contributed by atoms with Gasteiger partial charge in [-0.2, -0.15) is 0 Å². The second-order valence-electron chi connectivity index (χ2n) is 7.29. The molecule has 0 saturated heterocycles. The van der Waals surface area contributed by atoms with Crippen LogP contribution in [0.1, 0.15) is 23.5 Å². The standard InChI is InChI=1S/C24H14ClF2NO2S/c25-18-12-20-17(10-19(18)27)23(30)22-16(13-6-8-14(26)9-7-13)11-21(29)28(24(22)31-20)15-4-2-1-3-5-15/h1-10,12,16H,11H2. The number of halogens is 3. The number of carbonyl (C=O) groups is 1. The Balaban J connectivity index is 1.83. The van der Waals surface area contributed by atoms with Crippen LogP contribution in [0.5, 0.6) is 0 Å². The van der Waals surface area contributed by atoms with Gasteiger partial charge in [0.25, 0.3) is 0 Å². The fourth-order valence-corrected chi connectivity index (χ4v) is 5.48. The van der Waals surface area contributed by atoms with Crippen LogP contribution in [0.3, 0.4) is 0 Å². The zero-order valence-corrected chi connectivity index (χ0v) is 17.5. The fourth-order valence-electron chi connectivity index (χ4n) is 3.96. The van der Waals surface area contributed by atoms with Gasteiger partial charge in [0.05, 0.1) is 5.02 Å². The summed E-state index contributed by atoms with van der Waals surface area (Å²) >= 11 is 7.17. The van der Waals surface area contributed by atoms with E-state index in [1.807, 2.05) is 18.2 Å². The highest BCUT2D eigenvalue weighted by atomic mass is 35.5. The van der Waals surface area contributed by atoms with E-state index in [4.69, 9.17) is 11.6 Å². The molecule has 4 aromatic rings. The summed E-state index contributed by atoms with van der Waals surface area (Å²) in [6, 6.07) is 17.3. The lowest BCUT2D eigenvalue weighted by Gasteiger charge is -2.33. The largest absolute Gasteiger partial charge is 0.289 e. The van der Waals surface area contributed by atoms with Crippen LogP contribution >= 0.6 is 22.9 Å². The first kappa shape index (κ1) is 19.8. The maximum atomic E-state index is 14.2. The van der Waals surface area contributed by atoms with Crippen LogP contribution in [0.15, 0.2) is 71.5 Å². The second-order valence-corrected chi connectivity index (χ2v) is 8.72. The summed E-state index contributed by atoms with van der Waals surface area (Å²) in [5, 5.41) is 0.587. The minimum atomic E-state index is -0.677. The van der Waals surface area contributed by atoms with Gasteiger partial charge in [0.2, 0.25) is 5.91 Å². The predicted molar refractivity (Wildman–Crippen MR) is 120 cm³/mol. The number of fused-ring (bicyclic) bond motifs is 2. The van der Waals surface area contributed by atoms with E-state index in [0.717, 1.165) is 6.07 Å². The molecule has 5 rings (SSSR count). The van der Waals surface area contributed by atoms with Crippen LogP contribution in [0, 0.1) is 11.6 Å². The van der Waals surface area contributed by atoms with Crippen LogP contribution in [-0.4, -0.2) is 5.91 Å². The van der Waals surface area contributed by atoms with E-state index in [-0.39, 0.29) is 28.2 Å². The first-order valence-corrected chi connectivity index (χ1v) is 10.7. The number of para-hydroxylation sites is 1. The normalized spacial score (nSPS) is 15.9. The van der Waals surface area contributed by atoms with Gasteiger partial charge in [-0.3, -0.25) is 14.5 Å². The number of benzene rings is 3. The topological polar surface area (TPSA) is 37.4 Å².